The number of benzene rings is 1. The fourth-order valence-electron chi connectivity index (χ4n) is 2.43. The van der Waals surface area contributed by atoms with Gasteiger partial charge in [0.15, 0.2) is 0 Å². The van der Waals surface area contributed by atoms with Gasteiger partial charge in [0, 0.05) is 12.2 Å². The number of nitrogens with two attached hydrogens (primary N) is 1. The Morgan fingerprint density at radius 3 is 2.95 bits per heavy atom. The molecule has 0 saturated carbocycles. The van der Waals surface area contributed by atoms with Crippen molar-refractivity contribution in [1.29, 1.82) is 0 Å². The fraction of sp³-hybridized carbons (Fsp3) is 0.533. The van der Waals surface area contributed by atoms with Gasteiger partial charge in [0.1, 0.15) is 5.75 Å². The lowest BCUT2D eigenvalue weighted by atomic mass is 10.1. The molecule has 0 spiro atoms. The van der Waals surface area contributed by atoms with Gasteiger partial charge < -0.3 is 20.1 Å². The van der Waals surface area contributed by atoms with Crippen molar-refractivity contribution < 1.29 is 14.3 Å². The van der Waals surface area contributed by atoms with Gasteiger partial charge in [-0.1, -0.05) is 6.92 Å². The number of ether oxygens (including phenoxy) is 2. The molecule has 1 aliphatic rings. The predicted molar refractivity (Wildman–Crippen MR) is 77.9 cm³/mol. The number of rotatable bonds is 3. The average Bonchev–Trinajstić information content (AvgIpc) is 2.47. The van der Waals surface area contributed by atoms with Gasteiger partial charge in [-0.3, -0.25) is 4.79 Å². The van der Waals surface area contributed by atoms with Crippen molar-refractivity contribution in [3.63, 3.8) is 0 Å². The van der Waals surface area contributed by atoms with Gasteiger partial charge in [-0.25, -0.2) is 0 Å². The van der Waals surface area contributed by atoms with Gasteiger partial charge in [0.25, 0.3) is 5.91 Å². The molecule has 0 aromatic heterocycles. The summed E-state index contributed by atoms with van der Waals surface area (Å²) in [4.78, 5) is 14.6. The van der Waals surface area contributed by atoms with E-state index in [0.717, 1.165) is 6.42 Å². The van der Waals surface area contributed by atoms with E-state index in [1.165, 1.54) is 0 Å². The molecule has 2 unspecified atom stereocenters. The molecule has 5 heteroatoms. The fourth-order valence-corrected chi connectivity index (χ4v) is 2.43. The van der Waals surface area contributed by atoms with Crippen molar-refractivity contribution in [3.05, 3.63) is 23.8 Å². The van der Waals surface area contributed by atoms with E-state index in [0.29, 0.717) is 30.2 Å². The van der Waals surface area contributed by atoms with E-state index in [-0.39, 0.29) is 18.1 Å². The summed E-state index contributed by atoms with van der Waals surface area (Å²) in [7, 11) is 1.57. The summed E-state index contributed by atoms with van der Waals surface area (Å²) >= 11 is 0. The molecule has 1 aromatic carbocycles. The molecule has 0 aliphatic carbocycles. The monoisotopic (exact) mass is 278 g/mol. The molecule has 2 atom stereocenters. The first-order valence-electron chi connectivity index (χ1n) is 6.92. The highest BCUT2D eigenvalue weighted by atomic mass is 16.5. The van der Waals surface area contributed by atoms with E-state index in [1.807, 2.05) is 11.8 Å². The van der Waals surface area contributed by atoms with Crippen molar-refractivity contribution in [1.82, 2.24) is 4.90 Å². The topological polar surface area (TPSA) is 64.8 Å². The van der Waals surface area contributed by atoms with Crippen molar-refractivity contribution in [3.8, 4) is 5.75 Å². The Hall–Kier alpha value is -1.75. The third-order valence-electron chi connectivity index (χ3n) is 3.69. The summed E-state index contributed by atoms with van der Waals surface area (Å²) in [6, 6.07) is 5.26. The molecular weight excluding hydrogens is 256 g/mol. The zero-order chi connectivity index (χ0) is 14.7. The Labute approximate surface area is 119 Å². The number of hydrogen-bond donors (Lipinski definition) is 1. The van der Waals surface area contributed by atoms with E-state index in [9.17, 15) is 4.79 Å². The number of nitrogen functional groups attached to an aromatic ring is 1. The van der Waals surface area contributed by atoms with Crippen LogP contribution in [-0.4, -0.2) is 43.2 Å². The zero-order valence-electron chi connectivity index (χ0n) is 12.3. The van der Waals surface area contributed by atoms with Crippen LogP contribution >= 0.6 is 0 Å². The van der Waals surface area contributed by atoms with Crippen molar-refractivity contribution in [2.45, 2.75) is 32.4 Å². The van der Waals surface area contributed by atoms with E-state index in [4.69, 9.17) is 15.2 Å². The Balaban J connectivity index is 2.29. The van der Waals surface area contributed by atoms with Crippen LogP contribution in [-0.2, 0) is 4.74 Å². The number of nitrogens with zero attached hydrogens (tertiary/aromatic N) is 1. The van der Waals surface area contributed by atoms with Gasteiger partial charge in [0.05, 0.1) is 31.4 Å². The van der Waals surface area contributed by atoms with Crippen LogP contribution in [0.15, 0.2) is 18.2 Å². The molecule has 1 heterocycles. The maximum atomic E-state index is 12.7. The Kier molecular flexibility index (Phi) is 4.49. The van der Waals surface area contributed by atoms with Gasteiger partial charge in [-0.15, -0.1) is 0 Å². The molecule has 20 heavy (non-hydrogen) atoms. The summed E-state index contributed by atoms with van der Waals surface area (Å²) < 4.78 is 10.8. The van der Waals surface area contributed by atoms with Gasteiger partial charge >= 0.3 is 0 Å². The lowest BCUT2D eigenvalue weighted by Crippen LogP contribution is -2.51. The minimum atomic E-state index is -0.0524. The Morgan fingerprint density at radius 2 is 2.30 bits per heavy atom. The van der Waals surface area contributed by atoms with Crippen LogP contribution in [0.1, 0.15) is 30.6 Å². The predicted octanol–water partition coefficient (Wildman–Crippen LogP) is 1.92. The van der Waals surface area contributed by atoms with Crippen LogP contribution in [0.5, 0.6) is 5.75 Å². The molecule has 5 nitrogen and oxygen atoms in total. The lowest BCUT2D eigenvalue weighted by molar-refractivity contribution is -0.0443. The number of anilines is 1. The first-order chi connectivity index (χ1) is 9.56. The Morgan fingerprint density at radius 1 is 1.55 bits per heavy atom. The molecule has 0 radical (unpaired) electrons. The lowest BCUT2D eigenvalue weighted by Gasteiger charge is -2.38. The smallest absolute Gasteiger partial charge is 0.256 e. The SMILES string of the molecule is CCC1COC(C)CN1C(=O)c1cc(OC)ccc1N. The molecule has 2 N–H and O–H groups in total. The second kappa shape index (κ2) is 6.13. The van der Waals surface area contributed by atoms with Crippen LogP contribution in [0.3, 0.4) is 0 Å². The molecule has 1 fully saturated rings. The summed E-state index contributed by atoms with van der Waals surface area (Å²) in [5.74, 6) is 0.584. The van der Waals surface area contributed by atoms with E-state index >= 15 is 0 Å². The normalized spacial score (nSPS) is 22.6. The third kappa shape index (κ3) is 2.88. The average molecular weight is 278 g/mol. The van der Waals surface area contributed by atoms with Crippen LogP contribution in [0.25, 0.3) is 0 Å². The number of amides is 1. The highest BCUT2D eigenvalue weighted by Gasteiger charge is 2.30. The van der Waals surface area contributed by atoms with Crippen LogP contribution in [0, 0.1) is 0 Å². The first kappa shape index (κ1) is 14.7. The van der Waals surface area contributed by atoms with Gasteiger partial charge in [-0.2, -0.15) is 0 Å². The summed E-state index contributed by atoms with van der Waals surface area (Å²) in [6.45, 7) is 5.20. The van der Waals surface area contributed by atoms with Crippen molar-refractivity contribution in [2.75, 3.05) is 26.0 Å². The van der Waals surface area contributed by atoms with Gasteiger partial charge in [-0.05, 0) is 31.5 Å². The first-order valence-corrected chi connectivity index (χ1v) is 6.92. The highest BCUT2D eigenvalue weighted by Crippen LogP contribution is 2.24. The molecule has 110 valence electrons. The zero-order valence-corrected chi connectivity index (χ0v) is 12.3. The molecule has 1 aliphatic heterocycles. The van der Waals surface area contributed by atoms with Crippen molar-refractivity contribution >= 4 is 11.6 Å². The largest absolute Gasteiger partial charge is 0.497 e. The summed E-state index contributed by atoms with van der Waals surface area (Å²) in [6.07, 6.45) is 0.913. The quantitative estimate of drug-likeness (QED) is 0.858. The van der Waals surface area contributed by atoms with E-state index in [2.05, 4.69) is 6.92 Å². The van der Waals surface area contributed by atoms with E-state index < -0.39 is 0 Å². The standard InChI is InChI=1S/C15H22N2O3/c1-4-11-9-20-10(2)8-17(11)15(18)13-7-12(19-3)5-6-14(13)16/h5-7,10-11H,4,8-9,16H2,1-3H3. The maximum Gasteiger partial charge on any atom is 0.256 e. The second-order valence-electron chi connectivity index (χ2n) is 5.12. The Bertz CT molecular complexity index is 490. The summed E-state index contributed by atoms with van der Waals surface area (Å²) in [5, 5.41) is 0. The maximum absolute atomic E-state index is 12.7. The molecule has 2 rings (SSSR count). The van der Waals surface area contributed by atoms with Gasteiger partial charge in [0.2, 0.25) is 0 Å². The van der Waals surface area contributed by atoms with Crippen LogP contribution in [0.2, 0.25) is 0 Å². The molecule has 1 saturated heterocycles. The minimum Gasteiger partial charge on any atom is -0.497 e. The third-order valence-corrected chi connectivity index (χ3v) is 3.69. The number of hydrogen-bond acceptors (Lipinski definition) is 4. The molecule has 0 bridgehead atoms. The summed E-state index contributed by atoms with van der Waals surface area (Å²) in [5.41, 5.74) is 6.91. The second-order valence-corrected chi connectivity index (χ2v) is 5.12. The number of methoxy groups -OCH3 is 1. The van der Waals surface area contributed by atoms with E-state index in [1.54, 1.807) is 25.3 Å². The molecular formula is C15H22N2O3. The van der Waals surface area contributed by atoms with Crippen LogP contribution in [0.4, 0.5) is 5.69 Å². The van der Waals surface area contributed by atoms with Crippen molar-refractivity contribution in [2.24, 2.45) is 0 Å². The number of morpholine rings is 1. The minimum absolute atomic E-state index is 0.0496. The molecule has 1 aromatic rings. The van der Waals surface area contributed by atoms with Crippen LogP contribution < -0.4 is 10.5 Å². The number of carbonyl (C=O) groups excluding carboxylic acids is 1. The number of carbonyl (C=O) groups is 1. The highest BCUT2D eigenvalue weighted by molar-refractivity contribution is 5.99. The molecule has 1 amide bonds.